The summed E-state index contributed by atoms with van der Waals surface area (Å²) in [6, 6.07) is 31.0. The SMILES string of the molecule is O=C(Cc1c[nH]c2ccccc12)Oc1ccc2c(c1)oc(=O)c1cc(OC(=O)CC3=CCc4ccccc43)c(OC(=O)CC3=CCc4ccccc43)cc12. The lowest BCUT2D eigenvalue weighted by Crippen LogP contribution is -2.13. The molecule has 2 aliphatic carbocycles. The molecule has 7 aromatic rings. The van der Waals surface area contributed by atoms with Crippen LogP contribution in [0.5, 0.6) is 17.2 Å². The number of rotatable bonds is 9. The van der Waals surface area contributed by atoms with Gasteiger partial charge in [0.05, 0.1) is 24.6 Å². The maximum atomic E-state index is 13.5. The first-order valence-corrected chi connectivity index (χ1v) is 17.6. The van der Waals surface area contributed by atoms with Crippen molar-refractivity contribution in [1.82, 2.24) is 4.98 Å². The Balaban J connectivity index is 1.02. The Kier molecular flexibility index (Phi) is 8.23. The second-order valence-corrected chi connectivity index (χ2v) is 13.4. The zero-order chi connectivity index (χ0) is 36.8. The van der Waals surface area contributed by atoms with Crippen LogP contribution in [0.25, 0.3) is 43.8 Å². The number of carbonyl (C=O) groups is 3. The van der Waals surface area contributed by atoms with Gasteiger partial charge < -0.3 is 23.6 Å². The molecule has 5 aromatic carbocycles. The predicted molar refractivity (Wildman–Crippen MR) is 204 cm³/mol. The Morgan fingerprint density at radius 2 is 1.19 bits per heavy atom. The van der Waals surface area contributed by atoms with Gasteiger partial charge in [0.15, 0.2) is 11.5 Å². The van der Waals surface area contributed by atoms with Crippen LogP contribution in [0.4, 0.5) is 0 Å². The largest absolute Gasteiger partial charge is 0.426 e. The van der Waals surface area contributed by atoms with E-state index in [-0.39, 0.29) is 47.5 Å². The number of benzene rings is 5. The minimum Gasteiger partial charge on any atom is -0.426 e. The maximum absolute atomic E-state index is 13.5. The molecule has 9 nitrogen and oxygen atoms in total. The molecule has 0 aliphatic heterocycles. The van der Waals surface area contributed by atoms with E-state index in [0.29, 0.717) is 10.8 Å². The average Bonchev–Trinajstić information content (AvgIpc) is 3.89. The molecule has 0 amide bonds. The van der Waals surface area contributed by atoms with Crippen LogP contribution in [0.15, 0.2) is 131 Å². The summed E-state index contributed by atoms with van der Waals surface area (Å²) in [7, 11) is 0. The Hall–Kier alpha value is -7.00. The van der Waals surface area contributed by atoms with E-state index in [1.54, 1.807) is 18.3 Å². The van der Waals surface area contributed by atoms with Crippen molar-refractivity contribution in [2.45, 2.75) is 32.1 Å². The molecule has 2 heterocycles. The van der Waals surface area contributed by atoms with Crippen LogP contribution in [-0.2, 0) is 33.6 Å². The molecular formula is C45H31NO8. The van der Waals surface area contributed by atoms with E-state index in [2.05, 4.69) is 4.98 Å². The molecule has 0 radical (unpaired) electrons. The van der Waals surface area contributed by atoms with Crippen LogP contribution in [-0.4, -0.2) is 22.9 Å². The number of carbonyl (C=O) groups excluding carboxylic acids is 3. The lowest BCUT2D eigenvalue weighted by atomic mass is 10.0. The molecule has 54 heavy (non-hydrogen) atoms. The fraction of sp³-hybridized carbons (Fsp3) is 0.111. The summed E-state index contributed by atoms with van der Waals surface area (Å²) in [6.07, 6.45) is 7.24. The highest BCUT2D eigenvalue weighted by atomic mass is 16.6. The van der Waals surface area contributed by atoms with E-state index in [1.165, 1.54) is 18.2 Å². The summed E-state index contributed by atoms with van der Waals surface area (Å²) in [5.41, 5.74) is 7.08. The van der Waals surface area contributed by atoms with Crippen molar-refractivity contribution in [2.24, 2.45) is 0 Å². The van der Waals surface area contributed by atoms with E-state index >= 15 is 0 Å². The number of H-pyrrole nitrogens is 1. The third-order valence-corrected chi connectivity index (χ3v) is 9.97. The highest BCUT2D eigenvalue weighted by Crippen LogP contribution is 2.38. The van der Waals surface area contributed by atoms with Gasteiger partial charge in [-0.1, -0.05) is 78.9 Å². The summed E-state index contributed by atoms with van der Waals surface area (Å²) in [5.74, 6) is -1.53. The van der Waals surface area contributed by atoms with E-state index in [4.69, 9.17) is 18.6 Å². The number of para-hydroxylation sites is 1. The molecule has 0 fully saturated rings. The van der Waals surface area contributed by atoms with Crippen molar-refractivity contribution in [1.29, 1.82) is 0 Å². The van der Waals surface area contributed by atoms with E-state index < -0.39 is 23.5 Å². The van der Waals surface area contributed by atoms with Crippen LogP contribution < -0.4 is 19.8 Å². The standard InChI is InChI=1S/C45H31NO8/c47-42(21-30-25-46-38-12-6-5-11-34(30)38)51-31-17-18-35-36-23-40(52-43(48)19-28-15-13-26-7-1-3-9-32(26)28)41(24-37(36)45(50)54-39(35)22-31)53-44(49)20-29-16-14-27-8-2-4-10-33(27)29/h1-12,15-18,22-25,46H,13-14,19-21H2. The van der Waals surface area contributed by atoms with Gasteiger partial charge >= 0.3 is 23.5 Å². The first-order chi connectivity index (χ1) is 26.4. The monoisotopic (exact) mass is 713 g/mol. The highest BCUT2D eigenvalue weighted by molar-refractivity contribution is 6.06. The van der Waals surface area contributed by atoms with Crippen molar-refractivity contribution in [3.8, 4) is 17.2 Å². The van der Waals surface area contributed by atoms with Gasteiger partial charge in [0.2, 0.25) is 0 Å². The third-order valence-electron chi connectivity index (χ3n) is 9.97. The molecule has 9 rings (SSSR count). The summed E-state index contributed by atoms with van der Waals surface area (Å²) in [5, 5.41) is 1.94. The molecule has 2 aromatic heterocycles. The van der Waals surface area contributed by atoms with Crippen LogP contribution in [0.2, 0.25) is 0 Å². The number of ether oxygens (including phenoxy) is 3. The molecule has 0 atom stereocenters. The minimum absolute atomic E-state index is 0.00292. The summed E-state index contributed by atoms with van der Waals surface area (Å²) >= 11 is 0. The number of hydrogen-bond acceptors (Lipinski definition) is 8. The second-order valence-electron chi connectivity index (χ2n) is 13.4. The van der Waals surface area contributed by atoms with Gasteiger partial charge in [0.1, 0.15) is 11.3 Å². The molecule has 0 unspecified atom stereocenters. The number of hydrogen-bond donors (Lipinski definition) is 1. The smallest absolute Gasteiger partial charge is 0.344 e. The number of nitrogens with one attached hydrogen (secondary N) is 1. The molecule has 9 heteroatoms. The molecular weight excluding hydrogens is 682 g/mol. The third kappa shape index (κ3) is 6.26. The average molecular weight is 714 g/mol. The first kappa shape index (κ1) is 32.9. The topological polar surface area (TPSA) is 125 Å². The molecule has 1 N–H and O–H groups in total. The van der Waals surface area contributed by atoms with E-state index in [0.717, 1.165) is 62.7 Å². The van der Waals surface area contributed by atoms with Crippen molar-refractivity contribution in [2.75, 3.05) is 0 Å². The molecule has 0 bridgehead atoms. The second kappa shape index (κ2) is 13.5. The van der Waals surface area contributed by atoms with Crippen molar-refractivity contribution in [3.63, 3.8) is 0 Å². The predicted octanol–water partition coefficient (Wildman–Crippen LogP) is 8.45. The van der Waals surface area contributed by atoms with Crippen LogP contribution in [0.3, 0.4) is 0 Å². The highest BCUT2D eigenvalue weighted by Gasteiger charge is 2.24. The fourth-order valence-electron chi connectivity index (χ4n) is 7.41. The van der Waals surface area contributed by atoms with Gasteiger partial charge in [-0.05, 0) is 82.1 Å². The Labute approximate surface area is 308 Å². The van der Waals surface area contributed by atoms with Gasteiger partial charge in [-0.2, -0.15) is 0 Å². The number of allylic oxidation sites excluding steroid dienone is 2. The molecule has 264 valence electrons. The van der Waals surface area contributed by atoms with Crippen molar-refractivity contribution < 1.29 is 33.0 Å². The fourth-order valence-corrected chi connectivity index (χ4v) is 7.41. The number of esters is 3. The molecule has 2 aliphatic rings. The molecule has 0 spiro atoms. The van der Waals surface area contributed by atoms with Gasteiger partial charge in [-0.3, -0.25) is 14.4 Å². The van der Waals surface area contributed by atoms with Crippen LogP contribution in [0, 0.1) is 0 Å². The number of aromatic amines is 1. The Morgan fingerprint density at radius 1 is 0.593 bits per heavy atom. The lowest BCUT2D eigenvalue weighted by molar-refractivity contribution is -0.136. The maximum Gasteiger partial charge on any atom is 0.344 e. The van der Waals surface area contributed by atoms with Gasteiger partial charge in [-0.25, -0.2) is 4.79 Å². The summed E-state index contributed by atoms with van der Waals surface area (Å²) < 4.78 is 23.1. The normalized spacial score (nSPS) is 13.0. The van der Waals surface area contributed by atoms with E-state index in [1.807, 2.05) is 84.9 Å². The van der Waals surface area contributed by atoms with Gasteiger partial charge in [0.25, 0.3) is 0 Å². The zero-order valence-corrected chi connectivity index (χ0v) is 28.8. The van der Waals surface area contributed by atoms with Crippen molar-refractivity contribution in [3.05, 3.63) is 160 Å². The number of aromatic nitrogens is 1. The quantitative estimate of drug-likeness (QED) is 0.0684. The number of fused-ring (bicyclic) bond motifs is 6. The van der Waals surface area contributed by atoms with Gasteiger partial charge in [-0.15, -0.1) is 0 Å². The minimum atomic E-state index is -0.713. The lowest BCUT2D eigenvalue weighted by Gasteiger charge is -2.14. The zero-order valence-electron chi connectivity index (χ0n) is 28.8. The summed E-state index contributed by atoms with van der Waals surface area (Å²) in [4.78, 5) is 56.4. The van der Waals surface area contributed by atoms with Crippen molar-refractivity contribution >= 4 is 61.7 Å². The van der Waals surface area contributed by atoms with Crippen LogP contribution >= 0.6 is 0 Å². The Morgan fingerprint density at radius 3 is 1.87 bits per heavy atom. The molecule has 0 saturated carbocycles. The summed E-state index contributed by atoms with van der Waals surface area (Å²) in [6.45, 7) is 0. The first-order valence-electron chi connectivity index (χ1n) is 17.6. The van der Waals surface area contributed by atoms with Gasteiger partial charge in [0, 0.05) is 33.9 Å². The van der Waals surface area contributed by atoms with E-state index in [9.17, 15) is 19.2 Å². The van der Waals surface area contributed by atoms with Crippen LogP contribution in [0.1, 0.15) is 40.7 Å². The Bertz CT molecular complexity index is 2820. The molecule has 0 saturated heterocycles.